The molecule has 0 aliphatic carbocycles. The summed E-state index contributed by atoms with van der Waals surface area (Å²) in [5, 5.41) is 13.7. The van der Waals surface area contributed by atoms with Gasteiger partial charge in [-0.3, -0.25) is 19.4 Å². The summed E-state index contributed by atoms with van der Waals surface area (Å²) in [5.74, 6) is -0.751. The number of aromatic nitrogens is 1. The molecule has 0 bridgehead atoms. The van der Waals surface area contributed by atoms with Gasteiger partial charge in [0.15, 0.2) is 9.84 Å². The first-order valence-corrected chi connectivity index (χ1v) is 12.8. The van der Waals surface area contributed by atoms with E-state index in [-0.39, 0.29) is 29.4 Å². The van der Waals surface area contributed by atoms with Crippen LogP contribution in [0.25, 0.3) is 10.9 Å². The average Bonchev–Trinajstić information content (AvgIpc) is 3.31. The summed E-state index contributed by atoms with van der Waals surface area (Å²) in [4.78, 5) is 31.6. The van der Waals surface area contributed by atoms with Crippen molar-refractivity contribution >= 4 is 38.3 Å². The molecule has 1 aromatic carbocycles. The minimum absolute atomic E-state index is 0.0330. The van der Waals surface area contributed by atoms with Gasteiger partial charge < -0.3 is 15.4 Å². The number of sulfone groups is 1. The quantitative estimate of drug-likeness (QED) is 0.597. The predicted octanol–water partition coefficient (Wildman–Crippen LogP) is 1.69. The Morgan fingerprint density at radius 2 is 1.91 bits per heavy atom. The summed E-state index contributed by atoms with van der Waals surface area (Å²) in [6, 6.07) is 4.66. The molecule has 1 aromatic heterocycles. The number of nitrogens with one attached hydrogen (secondary N) is 2. The van der Waals surface area contributed by atoms with Crippen LogP contribution in [0.2, 0.25) is 0 Å². The molecule has 4 rings (SSSR count). The van der Waals surface area contributed by atoms with Crippen LogP contribution in [0.5, 0.6) is 0 Å². The van der Waals surface area contributed by atoms with Crippen LogP contribution in [-0.4, -0.2) is 83.9 Å². The maximum absolute atomic E-state index is 12.3. The number of aliphatic carboxylic acids is 1. The number of hydrogen-bond acceptors (Lipinski definition) is 6. The number of carbonyl (C=O) groups excluding carboxylic acids is 1. The molecule has 3 heterocycles. The van der Waals surface area contributed by atoms with Crippen molar-refractivity contribution in [3.63, 3.8) is 0 Å². The van der Waals surface area contributed by atoms with Crippen LogP contribution < -0.4 is 5.32 Å². The molecule has 0 saturated carbocycles. The van der Waals surface area contributed by atoms with E-state index < -0.39 is 21.8 Å². The van der Waals surface area contributed by atoms with Crippen LogP contribution in [-0.2, 0) is 19.4 Å². The molecule has 3 N–H and O–H groups in total. The number of amides is 1. The minimum atomic E-state index is -2.95. The molecule has 10 heteroatoms. The van der Waals surface area contributed by atoms with Gasteiger partial charge in [0.2, 0.25) is 5.91 Å². The lowest BCUT2D eigenvalue weighted by Gasteiger charge is -2.40. The van der Waals surface area contributed by atoms with Crippen molar-refractivity contribution in [1.29, 1.82) is 0 Å². The number of carbonyl (C=O) groups is 2. The van der Waals surface area contributed by atoms with Gasteiger partial charge in [-0.05, 0) is 24.6 Å². The van der Waals surface area contributed by atoms with Crippen LogP contribution in [0.1, 0.15) is 31.9 Å². The van der Waals surface area contributed by atoms with Gasteiger partial charge in [-0.2, -0.15) is 0 Å². The zero-order valence-electron chi connectivity index (χ0n) is 18.4. The largest absolute Gasteiger partial charge is 0.480 e. The summed E-state index contributed by atoms with van der Waals surface area (Å²) in [6.45, 7) is 6.01. The molecular formula is C22H30N4O5S. The Balaban J connectivity index is 1.53. The van der Waals surface area contributed by atoms with Gasteiger partial charge in [0.25, 0.3) is 0 Å². The Kier molecular flexibility index (Phi) is 6.28. The molecule has 2 aromatic rings. The molecule has 0 unspecified atom stereocenters. The first kappa shape index (κ1) is 22.8. The molecule has 2 atom stereocenters. The molecule has 2 fully saturated rings. The number of piperazine rings is 1. The van der Waals surface area contributed by atoms with Crippen LogP contribution in [0.3, 0.4) is 0 Å². The minimum Gasteiger partial charge on any atom is -0.480 e. The summed E-state index contributed by atoms with van der Waals surface area (Å²) < 4.78 is 23.6. The summed E-state index contributed by atoms with van der Waals surface area (Å²) in [7, 11) is -2.95. The molecule has 2 saturated heterocycles. The number of benzene rings is 1. The summed E-state index contributed by atoms with van der Waals surface area (Å²) in [5.41, 5.74) is 2.10. The van der Waals surface area contributed by atoms with Gasteiger partial charge in [0, 0.05) is 66.5 Å². The van der Waals surface area contributed by atoms with Crippen molar-refractivity contribution in [3.8, 4) is 0 Å². The fourth-order valence-corrected chi connectivity index (χ4v) is 6.40. The van der Waals surface area contributed by atoms with Crippen LogP contribution in [0.4, 0.5) is 5.69 Å². The zero-order chi connectivity index (χ0) is 23.0. The Hall–Kier alpha value is -2.43. The molecule has 32 heavy (non-hydrogen) atoms. The maximum atomic E-state index is 12.3. The lowest BCUT2D eigenvalue weighted by atomic mass is 10.0. The fraction of sp³-hybridized carbons (Fsp3) is 0.545. The highest BCUT2D eigenvalue weighted by Gasteiger charge is 2.37. The lowest BCUT2D eigenvalue weighted by molar-refractivity contribution is -0.144. The average molecular weight is 463 g/mol. The first-order valence-electron chi connectivity index (χ1n) is 11.0. The highest BCUT2D eigenvalue weighted by atomic mass is 32.2. The molecule has 174 valence electrons. The predicted molar refractivity (Wildman–Crippen MR) is 122 cm³/mol. The number of hydrogen-bond donors (Lipinski definition) is 3. The van der Waals surface area contributed by atoms with Crippen molar-refractivity contribution in [2.45, 2.75) is 32.4 Å². The standard InChI is InChI=1S/C22H30N4O5S/c1-14(2)21(27)24-15-3-4-19-17(11-15)18(12-23-19)20(22(28)29)26-8-6-25(7-9-26)16-5-10-32(30,31)13-16/h3-4,11-12,14,16,20,23H,5-10,13H2,1-2H3,(H,24,27)(H,28,29)/t16-,20-/m0/s1. The Morgan fingerprint density at radius 3 is 2.50 bits per heavy atom. The molecule has 0 spiro atoms. The number of aromatic amines is 1. The van der Waals surface area contributed by atoms with Gasteiger partial charge in [-0.25, -0.2) is 8.42 Å². The first-order chi connectivity index (χ1) is 15.1. The van der Waals surface area contributed by atoms with Crippen molar-refractivity contribution in [2.75, 3.05) is 43.0 Å². The molecule has 2 aliphatic heterocycles. The van der Waals surface area contributed by atoms with E-state index in [1.165, 1.54) is 0 Å². The van der Waals surface area contributed by atoms with Gasteiger partial charge in [-0.1, -0.05) is 13.8 Å². The third-order valence-corrected chi connectivity index (χ3v) is 8.22. The van der Waals surface area contributed by atoms with Crippen molar-refractivity contribution in [1.82, 2.24) is 14.8 Å². The maximum Gasteiger partial charge on any atom is 0.325 e. The molecule has 0 radical (unpaired) electrons. The number of H-pyrrole nitrogens is 1. The summed E-state index contributed by atoms with van der Waals surface area (Å²) in [6.07, 6.45) is 2.38. The van der Waals surface area contributed by atoms with E-state index in [0.29, 0.717) is 43.9 Å². The second-order valence-corrected chi connectivity index (χ2v) is 11.2. The highest BCUT2D eigenvalue weighted by molar-refractivity contribution is 7.91. The van der Waals surface area contributed by atoms with Crippen LogP contribution in [0.15, 0.2) is 24.4 Å². The van der Waals surface area contributed by atoms with E-state index in [1.807, 2.05) is 30.9 Å². The zero-order valence-corrected chi connectivity index (χ0v) is 19.2. The topological polar surface area (TPSA) is 123 Å². The molecule has 2 aliphatic rings. The smallest absolute Gasteiger partial charge is 0.325 e. The Labute approximate surface area is 187 Å². The molecular weight excluding hydrogens is 432 g/mol. The van der Waals surface area contributed by atoms with Crippen molar-refractivity contribution in [3.05, 3.63) is 30.0 Å². The number of nitrogens with zero attached hydrogens (tertiary/aromatic N) is 2. The third-order valence-electron chi connectivity index (χ3n) is 6.47. The lowest BCUT2D eigenvalue weighted by Crippen LogP contribution is -2.52. The second kappa shape index (κ2) is 8.84. The van der Waals surface area contributed by atoms with E-state index in [9.17, 15) is 23.1 Å². The SMILES string of the molecule is CC(C)C(=O)Nc1ccc2[nH]cc([C@@H](C(=O)O)N3CCN([C@H]4CCS(=O)(=O)C4)CC3)c2c1. The van der Waals surface area contributed by atoms with Crippen molar-refractivity contribution < 1.29 is 23.1 Å². The number of rotatable bonds is 6. The third kappa shape index (κ3) is 4.67. The second-order valence-electron chi connectivity index (χ2n) is 9.02. The van der Waals surface area contributed by atoms with Crippen LogP contribution in [0, 0.1) is 5.92 Å². The monoisotopic (exact) mass is 462 g/mol. The van der Waals surface area contributed by atoms with E-state index in [4.69, 9.17) is 0 Å². The Bertz CT molecular complexity index is 1120. The van der Waals surface area contributed by atoms with E-state index in [2.05, 4.69) is 15.2 Å². The molecule has 1 amide bonds. The highest BCUT2D eigenvalue weighted by Crippen LogP contribution is 2.32. The normalized spacial score (nSPS) is 22.9. The number of carboxylic acid groups (broad SMARTS) is 1. The van der Waals surface area contributed by atoms with E-state index in [1.54, 1.807) is 12.3 Å². The fourth-order valence-electron chi connectivity index (χ4n) is 4.64. The Morgan fingerprint density at radius 1 is 1.19 bits per heavy atom. The number of fused-ring (bicyclic) bond motifs is 1. The van der Waals surface area contributed by atoms with E-state index in [0.717, 1.165) is 10.9 Å². The number of carboxylic acids is 1. The molecule has 9 nitrogen and oxygen atoms in total. The van der Waals surface area contributed by atoms with Crippen molar-refractivity contribution in [2.24, 2.45) is 5.92 Å². The van der Waals surface area contributed by atoms with Gasteiger partial charge in [-0.15, -0.1) is 0 Å². The number of anilines is 1. The summed E-state index contributed by atoms with van der Waals surface area (Å²) >= 11 is 0. The van der Waals surface area contributed by atoms with Gasteiger partial charge in [0.1, 0.15) is 6.04 Å². The van der Waals surface area contributed by atoms with Gasteiger partial charge in [0.05, 0.1) is 11.5 Å². The van der Waals surface area contributed by atoms with E-state index >= 15 is 0 Å². The van der Waals surface area contributed by atoms with Crippen LogP contribution >= 0.6 is 0 Å². The van der Waals surface area contributed by atoms with Gasteiger partial charge >= 0.3 is 5.97 Å².